The molecular weight excluding hydrogens is 342 g/mol. The first-order valence-corrected chi connectivity index (χ1v) is 6.54. The van der Waals surface area contributed by atoms with Crippen molar-refractivity contribution in [1.29, 1.82) is 0 Å². The summed E-state index contributed by atoms with van der Waals surface area (Å²) in [7, 11) is 0. The van der Waals surface area contributed by atoms with Crippen molar-refractivity contribution >= 4 is 33.5 Å². The Hall–Kier alpha value is -2.54. The van der Waals surface area contributed by atoms with E-state index in [0.29, 0.717) is 4.47 Å². The predicted molar refractivity (Wildman–Crippen MR) is 78.8 cm³/mol. The SMILES string of the molecule is O=C(Nc1cccc(C(=O)O)c1O)c1ccc(Br)cc1O. The lowest BCUT2D eigenvalue weighted by Crippen LogP contribution is -2.13. The molecule has 2 aromatic rings. The highest BCUT2D eigenvalue weighted by molar-refractivity contribution is 9.10. The molecule has 0 heterocycles. The minimum atomic E-state index is -1.31. The number of aromatic carboxylic acids is 1. The maximum absolute atomic E-state index is 12.0. The summed E-state index contributed by atoms with van der Waals surface area (Å²) in [6.07, 6.45) is 0. The minimum absolute atomic E-state index is 0.00155. The zero-order chi connectivity index (χ0) is 15.6. The fourth-order valence-corrected chi connectivity index (χ4v) is 2.05. The summed E-state index contributed by atoms with van der Waals surface area (Å²) in [5, 5.41) is 30.8. The maximum Gasteiger partial charge on any atom is 0.339 e. The fraction of sp³-hybridized carbons (Fsp3) is 0. The number of phenols is 2. The number of phenolic OH excluding ortho intramolecular Hbond substituents is 1. The van der Waals surface area contributed by atoms with E-state index in [1.54, 1.807) is 6.07 Å². The minimum Gasteiger partial charge on any atom is -0.507 e. The highest BCUT2D eigenvalue weighted by Gasteiger charge is 2.17. The zero-order valence-corrected chi connectivity index (χ0v) is 12.1. The highest BCUT2D eigenvalue weighted by atomic mass is 79.9. The monoisotopic (exact) mass is 351 g/mol. The largest absolute Gasteiger partial charge is 0.507 e. The van der Waals surface area contributed by atoms with Crippen molar-refractivity contribution in [3.8, 4) is 11.5 Å². The van der Waals surface area contributed by atoms with Gasteiger partial charge in [0.05, 0.1) is 11.3 Å². The third kappa shape index (κ3) is 3.14. The number of carboxylic acid groups (broad SMARTS) is 1. The van der Waals surface area contributed by atoms with Crippen LogP contribution in [0, 0.1) is 0 Å². The van der Waals surface area contributed by atoms with E-state index in [2.05, 4.69) is 21.2 Å². The molecule has 6 nitrogen and oxygen atoms in total. The first kappa shape index (κ1) is 14.9. The molecule has 0 aromatic heterocycles. The average molecular weight is 352 g/mol. The van der Waals surface area contributed by atoms with Crippen molar-refractivity contribution in [1.82, 2.24) is 0 Å². The molecule has 21 heavy (non-hydrogen) atoms. The number of carbonyl (C=O) groups is 2. The quantitative estimate of drug-likeness (QED) is 0.636. The Morgan fingerprint density at radius 1 is 1.05 bits per heavy atom. The van der Waals surface area contributed by atoms with Crippen LogP contribution in [-0.2, 0) is 0 Å². The van der Waals surface area contributed by atoms with Crippen molar-refractivity contribution in [3.63, 3.8) is 0 Å². The summed E-state index contributed by atoms with van der Waals surface area (Å²) >= 11 is 3.15. The number of hydrogen-bond acceptors (Lipinski definition) is 4. The number of amides is 1. The number of anilines is 1. The van der Waals surface area contributed by atoms with Crippen molar-refractivity contribution in [2.75, 3.05) is 5.32 Å². The normalized spacial score (nSPS) is 10.1. The summed E-state index contributed by atoms with van der Waals surface area (Å²) in [6.45, 7) is 0. The lowest BCUT2D eigenvalue weighted by atomic mass is 10.1. The summed E-state index contributed by atoms with van der Waals surface area (Å²) in [5.41, 5.74) is -0.381. The van der Waals surface area contributed by atoms with E-state index in [9.17, 15) is 19.8 Å². The van der Waals surface area contributed by atoms with Crippen molar-refractivity contribution < 1.29 is 24.9 Å². The molecule has 0 radical (unpaired) electrons. The molecule has 0 unspecified atom stereocenters. The van der Waals surface area contributed by atoms with Crippen LogP contribution in [0.15, 0.2) is 40.9 Å². The molecule has 2 rings (SSSR count). The molecule has 0 spiro atoms. The number of benzene rings is 2. The number of aromatic hydroxyl groups is 2. The lowest BCUT2D eigenvalue weighted by molar-refractivity contribution is 0.0693. The summed E-state index contributed by atoms with van der Waals surface area (Å²) in [6, 6.07) is 8.28. The highest BCUT2D eigenvalue weighted by Crippen LogP contribution is 2.29. The topological polar surface area (TPSA) is 107 Å². The molecule has 0 aliphatic heterocycles. The van der Waals surface area contributed by atoms with E-state index in [-0.39, 0.29) is 22.6 Å². The van der Waals surface area contributed by atoms with Gasteiger partial charge in [0, 0.05) is 4.47 Å². The van der Waals surface area contributed by atoms with E-state index in [4.69, 9.17) is 5.11 Å². The van der Waals surface area contributed by atoms with Gasteiger partial charge in [-0.2, -0.15) is 0 Å². The molecule has 0 fully saturated rings. The van der Waals surface area contributed by atoms with E-state index < -0.39 is 17.6 Å². The van der Waals surface area contributed by atoms with Crippen LogP contribution >= 0.6 is 15.9 Å². The zero-order valence-electron chi connectivity index (χ0n) is 10.5. The number of carbonyl (C=O) groups excluding carboxylic acids is 1. The number of hydrogen-bond donors (Lipinski definition) is 4. The average Bonchev–Trinajstić information content (AvgIpc) is 2.40. The van der Waals surface area contributed by atoms with Crippen LogP contribution in [0.3, 0.4) is 0 Å². The first-order chi connectivity index (χ1) is 9.90. The van der Waals surface area contributed by atoms with Gasteiger partial charge in [0.2, 0.25) is 0 Å². The molecule has 0 saturated carbocycles. The van der Waals surface area contributed by atoms with Crippen molar-refractivity contribution in [2.24, 2.45) is 0 Å². The third-order valence-corrected chi connectivity index (χ3v) is 3.21. The van der Waals surface area contributed by atoms with Crippen LogP contribution in [0.25, 0.3) is 0 Å². The lowest BCUT2D eigenvalue weighted by Gasteiger charge is -2.10. The number of rotatable bonds is 3. The molecule has 0 aliphatic carbocycles. The molecule has 7 heteroatoms. The molecule has 108 valence electrons. The molecule has 0 aliphatic rings. The van der Waals surface area contributed by atoms with Gasteiger partial charge in [-0.1, -0.05) is 22.0 Å². The standard InChI is InChI=1S/C14H10BrNO5/c15-7-4-5-8(11(17)6-7)13(19)16-10-3-1-2-9(12(10)18)14(20)21/h1-6,17-18H,(H,16,19)(H,20,21). The number of para-hydroxylation sites is 1. The Labute approximate surface area is 127 Å². The maximum atomic E-state index is 12.0. The van der Waals surface area contributed by atoms with Gasteiger partial charge in [-0.25, -0.2) is 4.79 Å². The number of halogens is 1. The van der Waals surface area contributed by atoms with Crippen LogP contribution < -0.4 is 5.32 Å². The molecule has 2 aromatic carbocycles. The van der Waals surface area contributed by atoms with Crippen LogP contribution in [0.4, 0.5) is 5.69 Å². The summed E-state index contributed by atoms with van der Waals surface area (Å²) in [4.78, 5) is 22.9. The molecule has 4 N–H and O–H groups in total. The van der Waals surface area contributed by atoms with Gasteiger partial charge >= 0.3 is 5.97 Å². The van der Waals surface area contributed by atoms with Crippen molar-refractivity contribution in [3.05, 3.63) is 52.0 Å². The second-order valence-corrected chi connectivity index (χ2v) is 5.04. The van der Waals surface area contributed by atoms with Gasteiger partial charge in [-0.15, -0.1) is 0 Å². The van der Waals surface area contributed by atoms with Gasteiger partial charge in [0.1, 0.15) is 11.3 Å². The Morgan fingerprint density at radius 2 is 1.76 bits per heavy atom. The Morgan fingerprint density at radius 3 is 2.38 bits per heavy atom. The Balaban J connectivity index is 2.32. The van der Waals surface area contributed by atoms with E-state index in [1.807, 2.05) is 0 Å². The third-order valence-electron chi connectivity index (χ3n) is 2.72. The van der Waals surface area contributed by atoms with E-state index in [1.165, 1.54) is 30.3 Å². The molecule has 1 amide bonds. The van der Waals surface area contributed by atoms with Crippen LogP contribution in [0.5, 0.6) is 11.5 Å². The fourth-order valence-electron chi connectivity index (χ4n) is 1.70. The Bertz CT molecular complexity index is 729. The molecule has 0 saturated heterocycles. The van der Waals surface area contributed by atoms with E-state index >= 15 is 0 Å². The van der Waals surface area contributed by atoms with Crippen molar-refractivity contribution in [2.45, 2.75) is 0 Å². The predicted octanol–water partition coefficient (Wildman–Crippen LogP) is 2.81. The smallest absolute Gasteiger partial charge is 0.339 e. The molecule has 0 atom stereocenters. The van der Waals surface area contributed by atoms with E-state index in [0.717, 1.165) is 0 Å². The van der Waals surface area contributed by atoms with Gasteiger partial charge in [-0.3, -0.25) is 4.79 Å². The van der Waals surface area contributed by atoms with Crippen LogP contribution in [0.2, 0.25) is 0 Å². The van der Waals surface area contributed by atoms with Crippen LogP contribution in [0.1, 0.15) is 20.7 Å². The van der Waals surface area contributed by atoms with Gasteiger partial charge < -0.3 is 20.6 Å². The van der Waals surface area contributed by atoms with Gasteiger partial charge in [0.15, 0.2) is 5.75 Å². The first-order valence-electron chi connectivity index (χ1n) is 5.75. The number of nitrogens with one attached hydrogen (secondary N) is 1. The molecular formula is C14H10BrNO5. The van der Waals surface area contributed by atoms with Crippen LogP contribution in [-0.4, -0.2) is 27.2 Å². The van der Waals surface area contributed by atoms with Gasteiger partial charge in [0.25, 0.3) is 5.91 Å². The number of carboxylic acids is 1. The molecule has 0 bridgehead atoms. The second-order valence-electron chi connectivity index (χ2n) is 4.12. The Kier molecular flexibility index (Phi) is 4.13. The second kappa shape index (κ2) is 5.84. The summed E-state index contributed by atoms with van der Waals surface area (Å²) in [5.74, 6) is -2.77. The summed E-state index contributed by atoms with van der Waals surface area (Å²) < 4.78 is 0.604. The van der Waals surface area contributed by atoms with Gasteiger partial charge in [-0.05, 0) is 30.3 Å².